The zero-order chi connectivity index (χ0) is 44.1. The van der Waals surface area contributed by atoms with Crippen molar-refractivity contribution >= 4 is 49.4 Å². The third-order valence-electron chi connectivity index (χ3n) is 12.3. The molecule has 0 amide bonds. The van der Waals surface area contributed by atoms with E-state index in [0.717, 1.165) is 99.5 Å². The number of fused-ring (bicyclic) bond motifs is 6. The smallest absolute Gasteiger partial charge is 0.187 e. The number of rotatable bonds is 7. The quantitative estimate of drug-likeness (QED) is 0.149. The monoisotopic (exact) mass is 842 g/mol. The number of aromatic nitrogens is 4. The molecule has 0 N–H and O–H groups in total. The van der Waals surface area contributed by atoms with E-state index in [1.54, 1.807) is 0 Å². The summed E-state index contributed by atoms with van der Waals surface area (Å²) in [5.74, 6) is 1.66. The highest BCUT2D eigenvalue weighted by Crippen LogP contribution is 2.43. The third kappa shape index (κ3) is 6.55. The van der Waals surface area contributed by atoms with Crippen LogP contribution in [-0.4, -0.2) is 19.5 Å². The van der Waals surface area contributed by atoms with E-state index < -0.39 is 0 Å². The van der Waals surface area contributed by atoms with Gasteiger partial charge in [-0.3, -0.25) is 0 Å². The average molecular weight is 843 g/mol. The molecule has 0 bridgehead atoms. The van der Waals surface area contributed by atoms with Gasteiger partial charge in [-0.15, -0.1) is 0 Å². The average Bonchev–Trinajstić information content (AvgIpc) is 3.94. The molecule has 7 heteroatoms. The van der Waals surface area contributed by atoms with Crippen LogP contribution in [0.2, 0.25) is 0 Å². The van der Waals surface area contributed by atoms with E-state index >= 15 is 0 Å². The van der Waals surface area contributed by atoms with Crippen molar-refractivity contribution in [1.82, 2.24) is 19.5 Å². The Hall–Kier alpha value is -9.43. The van der Waals surface area contributed by atoms with Crippen LogP contribution in [-0.2, 0) is 0 Å². The molecule has 0 aliphatic heterocycles. The molecule has 3 aromatic heterocycles. The molecule has 12 aromatic rings. The maximum Gasteiger partial charge on any atom is 0.187 e. The number of nitrogens with zero attached hydrogens (tertiary/aromatic N) is 6. The van der Waals surface area contributed by atoms with Crippen LogP contribution in [0.25, 0.3) is 122 Å². The van der Waals surface area contributed by atoms with E-state index in [9.17, 15) is 5.26 Å². The Morgan fingerprint density at radius 2 is 0.985 bits per heavy atom. The van der Waals surface area contributed by atoms with Crippen molar-refractivity contribution in [1.29, 1.82) is 5.26 Å². The van der Waals surface area contributed by atoms with Gasteiger partial charge in [0.1, 0.15) is 11.2 Å². The minimum atomic E-state index is 0.525. The lowest BCUT2D eigenvalue weighted by Gasteiger charge is -2.16. The van der Waals surface area contributed by atoms with Gasteiger partial charge in [0.25, 0.3) is 0 Å². The molecule has 0 saturated heterocycles. The van der Waals surface area contributed by atoms with Crippen LogP contribution in [0.5, 0.6) is 0 Å². The number of furan rings is 1. The Morgan fingerprint density at radius 3 is 1.61 bits per heavy atom. The Balaban J connectivity index is 1.15. The fourth-order valence-corrected chi connectivity index (χ4v) is 9.09. The number of hydrogen-bond donors (Lipinski definition) is 0. The largest absolute Gasteiger partial charge is 0.455 e. The summed E-state index contributed by atoms with van der Waals surface area (Å²) in [5, 5.41) is 13.8. The molecule has 0 atom stereocenters. The predicted molar refractivity (Wildman–Crippen MR) is 265 cm³/mol. The van der Waals surface area contributed by atoms with Crippen LogP contribution in [0.3, 0.4) is 0 Å². The molecule has 12 rings (SSSR count). The van der Waals surface area contributed by atoms with E-state index in [-0.39, 0.29) is 0 Å². The van der Waals surface area contributed by atoms with Crippen LogP contribution in [0, 0.1) is 17.9 Å². The third-order valence-corrected chi connectivity index (χ3v) is 12.3. The molecule has 66 heavy (non-hydrogen) atoms. The standard InChI is InChI=1S/C59H34N6O/c1-61-45-28-23-39(24-29-45)43-26-31-53-50(34-43)49-33-42(38-21-19-37(36-60)20-22-38)25-30-52(49)65(53)54-32-27-44(46-16-10-17-48-47-15-8-9-18-55(47)66-56(46)48)35-51(54)59-63-57(40-11-4-2-5-12-40)62-58(64-59)41-13-6-3-7-14-41/h2-35H. The molecule has 0 radical (unpaired) electrons. The van der Waals surface area contributed by atoms with Crippen molar-refractivity contribution in [2.45, 2.75) is 0 Å². The second kappa shape index (κ2) is 15.7. The normalized spacial score (nSPS) is 11.3. The van der Waals surface area contributed by atoms with Crippen LogP contribution in [0.4, 0.5) is 5.69 Å². The van der Waals surface area contributed by atoms with Crippen molar-refractivity contribution in [3.63, 3.8) is 0 Å². The summed E-state index contributed by atoms with van der Waals surface area (Å²) in [6.45, 7) is 7.52. The highest BCUT2D eigenvalue weighted by molar-refractivity contribution is 6.13. The molecule has 0 aliphatic carbocycles. The minimum Gasteiger partial charge on any atom is -0.455 e. The molecule has 3 heterocycles. The number of hydrogen-bond acceptors (Lipinski definition) is 5. The van der Waals surface area contributed by atoms with Gasteiger partial charge < -0.3 is 8.98 Å². The second-order valence-electron chi connectivity index (χ2n) is 16.2. The fraction of sp³-hybridized carbons (Fsp3) is 0. The number of nitriles is 1. The van der Waals surface area contributed by atoms with E-state index in [1.165, 1.54) is 0 Å². The van der Waals surface area contributed by atoms with Crippen LogP contribution in [0.15, 0.2) is 211 Å². The molecule has 306 valence electrons. The first-order valence-corrected chi connectivity index (χ1v) is 21.6. The summed E-state index contributed by atoms with van der Waals surface area (Å²) in [4.78, 5) is 19.3. The van der Waals surface area contributed by atoms with Gasteiger partial charge in [0.2, 0.25) is 0 Å². The molecule has 0 saturated carbocycles. The Kier molecular flexibility index (Phi) is 9.12. The lowest BCUT2D eigenvalue weighted by Crippen LogP contribution is -2.04. The Labute approximate surface area is 379 Å². The van der Waals surface area contributed by atoms with E-state index in [0.29, 0.717) is 28.7 Å². The minimum absolute atomic E-state index is 0.525. The first-order chi connectivity index (χ1) is 32.6. The lowest BCUT2D eigenvalue weighted by atomic mass is 9.98. The number of benzene rings is 9. The first-order valence-electron chi connectivity index (χ1n) is 21.6. The van der Waals surface area contributed by atoms with Crippen molar-refractivity contribution in [2.75, 3.05) is 0 Å². The maximum absolute atomic E-state index is 9.54. The van der Waals surface area contributed by atoms with Gasteiger partial charge in [0, 0.05) is 43.8 Å². The summed E-state index contributed by atoms with van der Waals surface area (Å²) < 4.78 is 8.91. The fourth-order valence-electron chi connectivity index (χ4n) is 9.09. The van der Waals surface area contributed by atoms with Gasteiger partial charge in [-0.2, -0.15) is 5.26 Å². The summed E-state index contributed by atoms with van der Waals surface area (Å²) in [6, 6.07) is 71.9. The van der Waals surface area contributed by atoms with E-state index in [4.69, 9.17) is 25.9 Å². The van der Waals surface area contributed by atoms with Gasteiger partial charge in [0.05, 0.1) is 34.9 Å². The maximum atomic E-state index is 9.54. The van der Waals surface area contributed by atoms with Crippen LogP contribution >= 0.6 is 0 Å². The molecular weight excluding hydrogens is 809 g/mol. The summed E-state index contributed by atoms with van der Waals surface area (Å²) in [7, 11) is 0. The van der Waals surface area contributed by atoms with Gasteiger partial charge in [-0.25, -0.2) is 19.8 Å². The molecular formula is C59H34N6O. The highest BCUT2D eigenvalue weighted by atomic mass is 16.3. The topological polar surface area (TPSA) is 84.9 Å². The molecule has 0 aliphatic rings. The van der Waals surface area contributed by atoms with Crippen molar-refractivity contribution in [2.24, 2.45) is 0 Å². The van der Waals surface area contributed by atoms with Gasteiger partial charge in [-0.05, 0) is 82.4 Å². The van der Waals surface area contributed by atoms with E-state index in [1.807, 2.05) is 127 Å². The SMILES string of the molecule is [C-]#[N+]c1ccc(-c2ccc3c(c2)c2cc(-c4ccc(C#N)cc4)ccc2n3-c2ccc(-c3cccc4c3oc3ccccc34)cc2-c2nc(-c3ccccc3)nc(-c3ccccc3)n2)cc1. The summed E-state index contributed by atoms with van der Waals surface area (Å²) >= 11 is 0. The first kappa shape index (κ1) is 38.3. The molecule has 7 nitrogen and oxygen atoms in total. The Morgan fingerprint density at radius 1 is 0.439 bits per heavy atom. The molecule has 9 aromatic carbocycles. The van der Waals surface area contributed by atoms with Crippen molar-refractivity contribution in [3.8, 4) is 79.3 Å². The molecule has 0 fully saturated rings. The highest BCUT2D eigenvalue weighted by Gasteiger charge is 2.22. The van der Waals surface area contributed by atoms with E-state index in [2.05, 4.69) is 94.3 Å². The summed E-state index contributed by atoms with van der Waals surface area (Å²) in [5.41, 5.74) is 14.3. The van der Waals surface area contributed by atoms with Crippen LogP contribution < -0.4 is 0 Å². The van der Waals surface area contributed by atoms with Gasteiger partial charge >= 0.3 is 0 Å². The van der Waals surface area contributed by atoms with Crippen LogP contribution in [0.1, 0.15) is 5.56 Å². The lowest BCUT2D eigenvalue weighted by molar-refractivity contribution is 0.670. The van der Waals surface area contributed by atoms with Gasteiger partial charge in [-0.1, -0.05) is 152 Å². The zero-order valence-electron chi connectivity index (χ0n) is 35.2. The van der Waals surface area contributed by atoms with Gasteiger partial charge in [0.15, 0.2) is 23.2 Å². The zero-order valence-corrected chi connectivity index (χ0v) is 35.2. The number of para-hydroxylation sites is 2. The summed E-state index contributed by atoms with van der Waals surface area (Å²) in [6.07, 6.45) is 0. The second-order valence-corrected chi connectivity index (χ2v) is 16.2. The Bertz CT molecular complexity index is 3760. The van der Waals surface area contributed by atoms with Crippen molar-refractivity contribution in [3.05, 3.63) is 223 Å². The van der Waals surface area contributed by atoms with Crippen molar-refractivity contribution < 1.29 is 4.42 Å². The molecule has 0 unspecified atom stereocenters. The predicted octanol–water partition coefficient (Wildman–Crippen LogP) is 15.3. The molecule has 0 spiro atoms.